The molecule has 0 aliphatic heterocycles. The second-order valence-corrected chi connectivity index (χ2v) is 8.14. The highest BCUT2D eigenvalue weighted by molar-refractivity contribution is 7.80. The van der Waals surface area contributed by atoms with Gasteiger partial charge in [0.1, 0.15) is 6.17 Å². The Hall–Kier alpha value is -0.170. The molecule has 0 radical (unpaired) electrons. The van der Waals surface area contributed by atoms with Crippen molar-refractivity contribution in [2.75, 3.05) is 5.32 Å². The quantitative estimate of drug-likeness (QED) is 0.349. The number of carbonyl (C=O) groups excluding carboxylic acids is 1. The molecular weight excluding hydrogens is 423 g/mol. The predicted molar refractivity (Wildman–Crippen MR) is 103 cm³/mol. The maximum absolute atomic E-state index is 11.7. The van der Waals surface area contributed by atoms with Crippen LogP contribution >= 0.6 is 70.2 Å². The van der Waals surface area contributed by atoms with Crippen LogP contribution in [0.25, 0.3) is 0 Å². The fourth-order valence-electron chi connectivity index (χ4n) is 1.54. The molecule has 0 heterocycles. The summed E-state index contributed by atoms with van der Waals surface area (Å²) < 4.78 is -1.80. The molecule has 23 heavy (non-hydrogen) atoms. The third-order valence-electron chi connectivity index (χ3n) is 2.56. The molecule has 0 aliphatic carbocycles. The second-order valence-electron chi connectivity index (χ2n) is 4.51. The fourth-order valence-corrected chi connectivity index (χ4v) is 2.43. The maximum atomic E-state index is 11.7. The lowest BCUT2D eigenvalue weighted by Gasteiger charge is -2.27. The molecule has 1 amide bonds. The zero-order valence-electron chi connectivity index (χ0n) is 11.9. The van der Waals surface area contributed by atoms with Crippen LogP contribution in [0.1, 0.15) is 19.8 Å². The predicted octanol–water partition coefficient (Wildman–Crippen LogP) is 4.89. The SMILES string of the molecule is CCCC(=O)NC(NC(=S)Nc1cc(Cl)ccc1Cl)C(Cl)(Cl)Cl. The standard InChI is InChI=1S/C13H14Cl5N3OS/c1-2-3-10(22)20-11(13(16,17)18)21-12(23)19-9-6-7(14)4-5-8(9)15/h4-6,11H,2-3H2,1H3,(H,20,22)(H2,19,21,23). The molecule has 0 saturated heterocycles. The molecule has 0 spiro atoms. The first-order valence-electron chi connectivity index (χ1n) is 6.52. The van der Waals surface area contributed by atoms with Gasteiger partial charge < -0.3 is 16.0 Å². The normalized spacial score (nSPS) is 12.4. The molecule has 10 heteroatoms. The lowest BCUT2D eigenvalue weighted by atomic mass is 10.3. The van der Waals surface area contributed by atoms with E-state index >= 15 is 0 Å². The van der Waals surface area contributed by atoms with Crippen LogP contribution in [0.4, 0.5) is 5.69 Å². The first-order chi connectivity index (χ1) is 10.6. The number of benzene rings is 1. The minimum absolute atomic E-state index is 0.113. The van der Waals surface area contributed by atoms with Crippen LogP contribution < -0.4 is 16.0 Å². The van der Waals surface area contributed by atoms with E-state index in [1.807, 2.05) is 6.92 Å². The largest absolute Gasteiger partial charge is 0.339 e. The zero-order valence-corrected chi connectivity index (χ0v) is 16.5. The summed E-state index contributed by atoms with van der Waals surface area (Å²) in [6.07, 6.45) is -0.0390. The lowest BCUT2D eigenvalue weighted by molar-refractivity contribution is -0.121. The average Bonchev–Trinajstić information content (AvgIpc) is 2.41. The molecule has 4 nitrogen and oxygen atoms in total. The van der Waals surface area contributed by atoms with Gasteiger partial charge >= 0.3 is 0 Å². The van der Waals surface area contributed by atoms with E-state index < -0.39 is 9.96 Å². The molecule has 0 fully saturated rings. The lowest BCUT2D eigenvalue weighted by Crippen LogP contribution is -2.56. The van der Waals surface area contributed by atoms with Crippen molar-refractivity contribution >= 4 is 86.9 Å². The van der Waals surface area contributed by atoms with Crippen molar-refractivity contribution in [3.63, 3.8) is 0 Å². The zero-order chi connectivity index (χ0) is 17.6. The van der Waals surface area contributed by atoms with Crippen LogP contribution in [0.3, 0.4) is 0 Å². The van der Waals surface area contributed by atoms with Gasteiger partial charge in [-0.1, -0.05) is 64.9 Å². The van der Waals surface area contributed by atoms with E-state index in [-0.39, 0.29) is 11.0 Å². The van der Waals surface area contributed by atoms with Crippen molar-refractivity contribution in [3.05, 3.63) is 28.2 Å². The van der Waals surface area contributed by atoms with Crippen LogP contribution in [-0.2, 0) is 4.79 Å². The smallest absolute Gasteiger partial charge is 0.228 e. The van der Waals surface area contributed by atoms with E-state index in [0.717, 1.165) is 0 Å². The monoisotopic (exact) mass is 435 g/mol. The summed E-state index contributed by atoms with van der Waals surface area (Å²) in [5.41, 5.74) is 0.486. The van der Waals surface area contributed by atoms with E-state index in [2.05, 4.69) is 16.0 Å². The number of anilines is 1. The topological polar surface area (TPSA) is 53.2 Å². The molecule has 3 N–H and O–H groups in total. The Labute approximate surface area is 165 Å². The molecule has 1 aromatic rings. The van der Waals surface area contributed by atoms with Crippen molar-refractivity contribution in [1.82, 2.24) is 10.6 Å². The molecule has 1 atom stereocenters. The molecule has 0 saturated carbocycles. The molecule has 1 rings (SSSR count). The molecule has 1 unspecified atom stereocenters. The highest BCUT2D eigenvalue weighted by Crippen LogP contribution is 2.30. The summed E-state index contributed by atoms with van der Waals surface area (Å²) in [7, 11) is 0. The molecule has 128 valence electrons. The minimum atomic E-state index is -1.80. The number of thiocarbonyl (C=S) groups is 1. The minimum Gasteiger partial charge on any atom is -0.339 e. The second kappa shape index (κ2) is 9.35. The van der Waals surface area contributed by atoms with Gasteiger partial charge in [-0.15, -0.1) is 0 Å². The summed E-state index contributed by atoms with van der Waals surface area (Å²) in [6, 6.07) is 4.85. The summed E-state index contributed by atoms with van der Waals surface area (Å²) in [6.45, 7) is 1.87. The average molecular weight is 438 g/mol. The Morgan fingerprint density at radius 3 is 2.48 bits per heavy atom. The highest BCUT2D eigenvalue weighted by atomic mass is 35.6. The van der Waals surface area contributed by atoms with Crippen molar-refractivity contribution < 1.29 is 4.79 Å². The third-order valence-corrected chi connectivity index (χ3v) is 4.00. The number of hydrogen-bond donors (Lipinski definition) is 3. The van der Waals surface area contributed by atoms with Gasteiger partial charge in [-0.05, 0) is 36.8 Å². The Balaban J connectivity index is 2.77. The van der Waals surface area contributed by atoms with Crippen LogP contribution in [0.2, 0.25) is 10.0 Å². The molecule has 0 aliphatic rings. The van der Waals surface area contributed by atoms with Crippen molar-refractivity contribution in [2.24, 2.45) is 0 Å². The van der Waals surface area contributed by atoms with Gasteiger partial charge in [-0.2, -0.15) is 0 Å². The van der Waals surface area contributed by atoms with E-state index in [1.165, 1.54) is 0 Å². The number of nitrogens with one attached hydrogen (secondary N) is 3. The van der Waals surface area contributed by atoms with E-state index in [9.17, 15) is 4.79 Å². The maximum Gasteiger partial charge on any atom is 0.228 e. The van der Waals surface area contributed by atoms with Gasteiger partial charge in [-0.25, -0.2) is 0 Å². The van der Waals surface area contributed by atoms with Crippen LogP contribution in [-0.4, -0.2) is 21.0 Å². The van der Waals surface area contributed by atoms with E-state index in [1.54, 1.807) is 18.2 Å². The Bertz CT molecular complexity index is 579. The summed E-state index contributed by atoms with van der Waals surface area (Å²) >= 11 is 34.7. The van der Waals surface area contributed by atoms with E-state index in [4.69, 9.17) is 70.2 Å². The van der Waals surface area contributed by atoms with Crippen molar-refractivity contribution in [2.45, 2.75) is 29.7 Å². The fraction of sp³-hybridized carbons (Fsp3) is 0.385. The molecule has 0 aromatic heterocycles. The van der Waals surface area contributed by atoms with Gasteiger partial charge in [0.25, 0.3) is 0 Å². The first-order valence-corrected chi connectivity index (χ1v) is 8.82. The van der Waals surface area contributed by atoms with Crippen LogP contribution in [0.5, 0.6) is 0 Å². The van der Waals surface area contributed by atoms with Crippen LogP contribution in [0.15, 0.2) is 18.2 Å². The van der Waals surface area contributed by atoms with Crippen LogP contribution in [0, 0.1) is 0 Å². The van der Waals surface area contributed by atoms with Gasteiger partial charge in [0.05, 0.1) is 10.7 Å². The summed E-state index contributed by atoms with van der Waals surface area (Å²) in [4.78, 5) is 11.7. The van der Waals surface area contributed by atoms with Crippen molar-refractivity contribution in [3.8, 4) is 0 Å². The Kier molecular flexibility index (Phi) is 8.48. The molecule has 0 bridgehead atoms. The number of hydrogen-bond acceptors (Lipinski definition) is 2. The van der Waals surface area contributed by atoms with Gasteiger partial charge in [0.15, 0.2) is 5.11 Å². The Morgan fingerprint density at radius 1 is 1.26 bits per heavy atom. The number of alkyl halides is 3. The number of amides is 1. The summed E-state index contributed by atoms with van der Waals surface area (Å²) in [5, 5.41) is 9.15. The number of rotatable bonds is 5. The number of halogens is 5. The first kappa shape index (κ1) is 20.9. The van der Waals surface area contributed by atoms with Gasteiger partial charge in [0.2, 0.25) is 9.70 Å². The molecule has 1 aromatic carbocycles. The summed E-state index contributed by atoms with van der Waals surface area (Å²) in [5.74, 6) is -0.264. The third kappa shape index (κ3) is 7.50. The van der Waals surface area contributed by atoms with Crippen molar-refractivity contribution in [1.29, 1.82) is 0 Å². The Morgan fingerprint density at radius 2 is 1.91 bits per heavy atom. The van der Waals surface area contributed by atoms with Gasteiger partial charge in [-0.3, -0.25) is 4.79 Å². The number of carbonyl (C=O) groups is 1. The van der Waals surface area contributed by atoms with E-state index in [0.29, 0.717) is 28.6 Å². The highest BCUT2D eigenvalue weighted by Gasteiger charge is 2.34. The van der Waals surface area contributed by atoms with Gasteiger partial charge in [0, 0.05) is 11.4 Å². The molecular formula is C13H14Cl5N3OS.